The van der Waals surface area contributed by atoms with E-state index >= 15 is 0 Å². The summed E-state index contributed by atoms with van der Waals surface area (Å²) in [6.45, 7) is 0. The van der Waals surface area contributed by atoms with E-state index in [2.05, 4.69) is 5.10 Å². The second kappa shape index (κ2) is 4.20. The molecule has 0 N–H and O–H groups in total. The van der Waals surface area contributed by atoms with Crippen LogP contribution in [0.1, 0.15) is 38.5 Å². The van der Waals surface area contributed by atoms with Gasteiger partial charge in [-0.05, 0) is 12.8 Å². The molecule has 2 fully saturated rings. The lowest BCUT2D eigenvalue weighted by molar-refractivity contribution is -0.0650. The van der Waals surface area contributed by atoms with Gasteiger partial charge in [0.2, 0.25) is 0 Å². The van der Waals surface area contributed by atoms with Gasteiger partial charge in [-0.15, -0.1) is 11.6 Å². The number of alkyl halides is 1. The normalized spacial score (nSPS) is 31.2. The number of halogens is 1. The van der Waals surface area contributed by atoms with Gasteiger partial charge in [-0.2, -0.15) is 5.10 Å². The first-order chi connectivity index (χ1) is 8.21. The van der Waals surface area contributed by atoms with Crippen molar-refractivity contribution in [1.82, 2.24) is 9.78 Å². The highest BCUT2D eigenvalue weighted by Crippen LogP contribution is 2.55. The fourth-order valence-corrected chi connectivity index (χ4v) is 3.85. The summed E-state index contributed by atoms with van der Waals surface area (Å²) >= 11 is 6.45. The molecule has 0 aliphatic heterocycles. The van der Waals surface area contributed by atoms with Crippen LogP contribution in [0.5, 0.6) is 5.75 Å². The largest absolute Gasteiger partial charge is 0.486 e. The van der Waals surface area contributed by atoms with E-state index in [-0.39, 0.29) is 5.41 Å². The highest BCUT2D eigenvalue weighted by molar-refractivity contribution is 6.21. The van der Waals surface area contributed by atoms with Gasteiger partial charge in [-0.3, -0.25) is 4.68 Å². The van der Waals surface area contributed by atoms with E-state index in [4.69, 9.17) is 16.3 Å². The van der Waals surface area contributed by atoms with Crippen molar-refractivity contribution in [1.29, 1.82) is 0 Å². The van der Waals surface area contributed by atoms with Crippen molar-refractivity contribution in [2.45, 2.75) is 50.0 Å². The Morgan fingerprint density at radius 3 is 2.76 bits per heavy atom. The molecule has 1 spiro atoms. The Bertz CT molecular complexity index is 398. The number of hydrogen-bond donors (Lipinski definition) is 0. The third kappa shape index (κ3) is 1.85. The minimum atomic E-state index is 0.246. The average Bonchev–Trinajstić information content (AvgIpc) is 2.76. The summed E-state index contributed by atoms with van der Waals surface area (Å²) in [5, 5.41) is 4.45. The fourth-order valence-electron chi connectivity index (χ4n) is 3.33. The molecule has 2 aliphatic carbocycles. The smallest absolute Gasteiger partial charge is 0.157 e. The van der Waals surface area contributed by atoms with Gasteiger partial charge in [-0.1, -0.05) is 19.3 Å². The zero-order valence-electron chi connectivity index (χ0n) is 10.2. The first-order valence-corrected chi connectivity index (χ1v) is 6.94. The highest BCUT2D eigenvalue weighted by Gasteiger charge is 2.55. The number of aromatic nitrogens is 2. The Labute approximate surface area is 107 Å². The third-order valence-electron chi connectivity index (χ3n) is 4.43. The Morgan fingerprint density at radius 2 is 2.18 bits per heavy atom. The monoisotopic (exact) mass is 254 g/mol. The van der Waals surface area contributed by atoms with Gasteiger partial charge >= 0.3 is 0 Å². The summed E-state index contributed by atoms with van der Waals surface area (Å²) in [4.78, 5) is 0. The van der Waals surface area contributed by atoms with E-state index in [0.29, 0.717) is 11.5 Å². The molecule has 3 nitrogen and oxygen atoms in total. The number of hydrogen-bond acceptors (Lipinski definition) is 2. The summed E-state index contributed by atoms with van der Waals surface area (Å²) < 4.78 is 7.84. The molecule has 2 aliphatic rings. The molecule has 2 unspecified atom stereocenters. The number of rotatable bonds is 2. The van der Waals surface area contributed by atoms with Crippen LogP contribution in [0.15, 0.2) is 12.4 Å². The van der Waals surface area contributed by atoms with Gasteiger partial charge in [-0.25, -0.2) is 0 Å². The highest BCUT2D eigenvalue weighted by atomic mass is 35.5. The standard InChI is InChI=1S/C13H19ClN2O/c1-16-9-10(8-15-16)17-12-7-11(14)13(12)5-3-2-4-6-13/h8-9,11-12H,2-7H2,1H3. The second-order valence-corrected chi connectivity index (χ2v) is 5.98. The lowest BCUT2D eigenvalue weighted by atomic mass is 9.58. The first kappa shape index (κ1) is 11.4. The van der Waals surface area contributed by atoms with Crippen LogP contribution in [-0.4, -0.2) is 21.3 Å². The lowest BCUT2D eigenvalue weighted by Gasteiger charge is -2.54. The summed E-state index contributed by atoms with van der Waals surface area (Å²) in [5.74, 6) is 0.881. The van der Waals surface area contributed by atoms with Crippen LogP contribution >= 0.6 is 11.6 Å². The van der Waals surface area contributed by atoms with Gasteiger partial charge < -0.3 is 4.74 Å². The van der Waals surface area contributed by atoms with Gasteiger partial charge in [0.05, 0.1) is 12.4 Å². The third-order valence-corrected chi connectivity index (χ3v) is 5.04. The maximum absolute atomic E-state index is 6.45. The Balaban J connectivity index is 1.71. The van der Waals surface area contributed by atoms with Gasteiger partial charge in [0.25, 0.3) is 0 Å². The summed E-state index contributed by atoms with van der Waals surface area (Å²) in [7, 11) is 1.91. The molecule has 94 valence electrons. The molecule has 2 atom stereocenters. The van der Waals surface area contributed by atoms with Crippen molar-refractivity contribution in [2.24, 2.45) is 12.5 Å². The lowest BCUT2D eigenvalue weighted by Crippen LogP contribution is -2.58. The molecule has 0 bridgehead atoms. The summed E-state index contributed by atoms with van der Waals surface area (Å²) in [6.07, 6.45) is 11.4. The van der Waals surface area contributed by atoms with Crippen molar-refractivity contribution in [2.75, 3.05) is 0 Å². The second-order valence-electron chi connectivity index (χ2n) is 5.45. The Morgan fingerprint density at radius 1 is 1.41 bits per heavy atom. The Hall–Kier alpha value is -0.700. The van der Waals surface area contributed by atoms with Crippen molar-refractivity contribution in [3.63, 3.8) is 0 Å². The molecule has 1 heterocycles. The molecule has 0 radical (unpaired) electrons. The topological polar surface area (TPSA) is 27.1 Å². The van der Waals surface area contributed by atoms with Crippen LogP contribution in [0.4, 0.5) is 0 Å². The van der Waals surface area contributed by atoms with Crippen molar-refractivity contribution in [3.8, 4) is 5.75 Å². The molecule has 3 rings (SSSR count). The molecular formula is C13H19ClN2O. The molecule has 4 heteroatoms. The van der Waals surface area contributed by atoms with Crippen molar-refractivity contribution >= 4 is 11.6 Å². The fraction of sp³-hybridized carbons (Fsp3) is 0.769. The summed E-state index contributed by atoms with van der Waals surface area (Å²) in [6, 6.07) is 0. The number of ether oxygens (including phenoxy) is 1. The predicted octanol–water partition coefficient (Wildman–Crippen LogP) is 3.13. The molecule has 17 heavy (non-hydrogen) atoms. The molecule has 1 aromatic rings. The van der Waals surface area contributed by atoms with E-state index < -0.39 is 0 Å². The molecule has 0 saturated heterocycles. The number of aryl methyl sites for hydroxylation is 1. The Kier molecular flexibility index (Phi) is 2.81. The van der Waals surface area contributed by atoms with E-state index in [1.54, 1.807) is 10.9 Å². The quantitative estimate of drug-likeness (QED) is 0.759. The molecule has 0 aromatic carbocycles. The van der Waals surface area contributed by atoms with Crippen molar-refractivity contribution < 1.29 is 4.74 Å². The zero-order chi connectivity index (χ0) is 11.9. The van der Waals surface area contributed by atoms with Gasteiger partial charge in [0, 0.05) is 24.3 Å². The van der Waals surface area contributed by atoms with E-state index in [1.165, 1.54) is 32.1 Å². The van der Waals surface area contributed by atoms with E-state index in [9.17, 15) is 0 Å². The van der Waals surface area contributed by atoms with Crippen LogP contribution in [0.2, 0.25) is 0 Å². The zero-order valence-corrected chi connectivity index (χ0v) is 11.0. The molecule has 1 aromatic heterocycles. The molecular weight excluding hydrogens is 236 g/mol. The number of nitrogens with zero attached hydrogens (tertiary/aromatic N) is 2. The van der Waals surface area contributed by atoms with E-state index in [1.807, 2.05) is 13.2 Å². The van der Waals surface area contributed by atoms with Crippen LogP contribution in [0.25, 0.3) is 0 Å². The van der Waals surface area contributed by atoms with Crippen LogP contribution in [0, 0.1) is 5.41 Å². The molecule has 2 saturated carbocycles. The predicted molar refractivity (Wildman–Crippen MR) is 67.4 cm³/mol. The van der Waals surface area contributed by atoms with Gasteiger partial charge in [0.15, 0.2) is 5.75 Å². The minimum absolute atomic E-state index is 0.246. The summed E-state index contributed by atoms with van der Waals surface area (Å²) in [5.41, 5.74) is 0.246. The maximum Gasteiger partial charge on any atom is 0.157 e. The first-order valence-electron chi connectivity index (χ1n) is 6.50. The minimum Gasteiger partial charge on any atom is -0.486 e. The van der Waals surface area contributed by atoms with Gasteiger partial charge in [0.1, 0.15) is 6.10 Å². The maximum atomic E-state index is 6.45. The molecule has 0 amide bonds. The van der Waals surface area contributed by atoms with Crippen LogP contribution < -0.4 is 4.74 Å². The average molecular weight is 255 g/mol. The van der Waals surface area contributed by atoms with Crippen molar-refractivity contribution in [3.05, 3.63) is 12.4 Å². The SMILES string of the molecule is Cn1cc(OC2CC(Cl)C23CCCCC3)cn1. The van der Waals surface area contributed by atoms with Crippen LogP contribution in [-0.2, 0) is 7.05 Å². The van der Waals surface area contributed by atoms with E-state index in [0.717, 1.165) is 12.2 Å². The van der Waals surface area contributed by atoms with Crippen LogP contribution in [0.3, 0.4) is 0 Å².